The van der Waals surface area contributed by atoms with Gasteiger partial charge in [0.1, 0.15) is 0 Å². The second-order valence-corrected chi connectivity index (χ2v) is 3.37. The molecule has 0 bridgehead atoms. The van der Waals surface area contributed by atoms with Gasteiger partial charge in [-0.3, -0.25) is 0 Å². The van der Waals surface area contributed by atoms with Gasteiger partial charge in [-0.25, -0.2) is 0 Å². The second kappa shape index (κ2) is 6.61. The van der Waals surface area contributed by atoms with E-state index in [4.69, 9.17) is 0 Å². The van der Waals surface area contributed by atoms with Crippen LogP contribution >= 0.6 is 0 Å². The summed E-state index contributed by atoms with van der Waals surface area (Å²) >= 11 is 0. The quantitative estimate of drug-likeness (QED) is 0.515. The van der Waals surface area contributed by atoms with Crippen LogP contribution in [0.25, 0.3) is 0 Å². The van der Waals surface area contributed by atoms with E-state index in [0.717, 1.165) is 0 Å². The van der Waals surface area contributed by atoms with E-state index < -0.39 is 0 Å². The minimum Gasteiger partial charge on any atom is -0.332 e. The first kappa shape index (κ1) is 13.1. The van der Waals surface area contributed by atoms with E-state index >= 15 is 0 Å². The molecule has 15 heavy (non-hydrogen) atoms. The Kier molecular flexibility index (Phi) is 5.80. The fourth-order valence-corrected chi connectivity index (χ4v) is 1.56. The third-order valence-corrected chi connectivity index (χ3v) is 2.40. The maximum atomic E-state index is 4.18. The topological polar surface area (TPSA) is 0 Å². The van der Waals surface area contributed by atoms with Gasteiger partial charge in [0.25, 0.3) is 0 Å². The van der Waals surface area contributed by atoms with Gasteiger partial charge in [-0.05, 0) is 0 Å². The predicted octanol–water partition coefficient (Wildman–Crippen LogP) is 0.657. The van der Waals surface area contributed by atoms with Crippen molar-refractivity contribution >= 4 is 0 Å². The van der Waals surface area contributed by atoms with Crippen LogP contribution in [-0.4, -0.2) is 0 Å². The van der Waals surface area contributed by atoms with Crippen molar-refractivity contribution < 1.29 is 51.4 Å². The van der Waals surface area contributed by atoms with E-state index in [-0.39, 0.29) is 57.3 Å². The van der Waals surface area contributed by atoms with Gasteiger partial charge >= 0.3 is 51.4 Å². The van der Waals surface area contributed by atoms with Gasteiger partial charge in [-0.1, -0.05) is 71.8 Å². The molecule has 0 amide bonds. The van der Waals surface area contributed by atoms with Gasteiger partial charge in [0.15, 0.2) is 0 Å². The van der Waals surface area contributed by atoms with Crippen molar-refractivity contribution in [2.24, 2.45) is 0 Å². The standard InChI is InChI=1S/C14H13.K/c1-12(13-8-4-2-5-9-13)14-10-6-3-7-11-14;/h2-12H,1H2;/q-1;+1. The Labute approximate surface area is 134 Å². The van der Waals surface area contributed by atoms with Crippen LogP contribution in [0.2, 0.25) is 0 Å². The monoisotopic (exact) mass is 220 g/mol. The van der Waals surface area contributed by atoms with E-state index in [1.807, 2.05) is 12.1 Å². The van der Waals surface area contributed by atoms with Gasteiger partial charge in [0, 0.05) is 0 Å². The van der Waals surface area contributed by atoms with Crippen LogP contribution < -0.4 is 51.4 Å². The molecule has 2 aromatic carbocycles. The molecular weight excluding hydrogens is 207 g/mol. The molecule has 0 N–H and O–H groups in total. The molecule has 0 aliphatic heterocycles. The SMILES string of the molecule is [CH2-]C(c1ccccc1)c1ccccc1.[K+]. The van der Waals surface area contributed by atoms with Gasteiger partial charge in [-0.15, -0.1) is 5.92 Å². The molecule has 70 valence electrons. The summed E-state index contributed by atoms with van der Waals surface area (Å²) in [6.07, 6.45) is 0. The maximum absolute atomic E-state index is 4.18. The van der Waals surface area contributed by atoms with Crippen molar-refractivity contribution in [1.82, 2.24) is 0 Å². The normalized spacial score (nSPS) is 9.73. The summed E-state index contributed by atoms with van der Waals surface area (Å²) in [6.45, 7) is 4.18. The molecule has 0 atom stereocenters. The van der Waals surface area contributed by atoms with Crippen molar-refractivity contribution in [2.75, 3.05) is 0 Å². The van der Waals surface area contributed by atoms with Gasteiger partial charge in [0.05, 0.1) is 0 Å². The molecule has 2 aromatic rings. The second-order valence-electron chi connectivity index (χ2n) is 3.37. The van der Waals surface area contributed by atoms with Crippen molar-refractivity contribution in [2.45, 2.75) is 5.92 Å². The molecule has 0 saturated heterocycles. The Morgan fingerprint density at radius 2 is 1.00 bits per heavy atom. The molecular formula is C14H13K. The van der Waals surface area contributed by atoms with Crippen LogP contribution in [0.15, 0.2) is 60.7 Å². The van der Waals surface area contributed by atoms with E-state index in [2.05, 4.69) is 55.5 Å². The van der Waals surface area contributed by atoms with E-state index in [9.17, 15) is 0 Å². The molecule has 0 unspecified atom stereocenters. The number of hydrogen-bond acceptors (Lipinski definition) is 0. The zero-order valence-corrected chi connectivity index (χ0v) is 12.2. The number of hydrogen-bond donors (Lipinski definition) is 0. The molecule has 0 fully saturated rings. The first-order valence-corrected chi connectivity index (χ1v) is 4.81. The summed E-state index contributed by atoms with van der Waals surface area (Å²) in [4.78, 5) is 0. The summed E-state index contributed by atoms with van der Waals surface area (Å²) in [5.41, 5.74) is 2.53. The molecule has 0 radical (unpaired) electrons. The minimum absolute atomic E-state index is 0. The zero-order valence-electron chi connectivity index (χ0n) is 9.06. The molecule has 0 nitrogen and oxygen atoms in total. The predicted molar refractivity (Wildman–Crippen MR) is 60.1 cm³/mol. The number of rotatable bonds is 2. The summed E-state index contributed by atoms with van der Waals surface area (Å²) in [6, 6.07) is 20.7. The van der Waals surface area contributed by atoms with Crippen LogP contribution in [0, 0.1) is 6.92 Å². The van der Waals surface area contributed by atoms with Crippen molar-refractivity contribution in [1.29, 1.82) is 0 Å². The van der Waals surface area contributed by atoms with E-state index in [0.29, 0.717) is 0 Å². The summed E-state index contributed by atoms with van der Waals surface area (Å²) in [5.74, 6) is 0.234. The smallest absolute Gasteiger partial charge is 0.332 e. The number of benzene rings is 2. The fraction of sp³-hybridized carbons (Fsp3) is 0.0714. The van der Waals surface area contributed by atoms with Crippen LogP contribution in [0.1, 0.15) is 17.0 Å². The average Bonchev–Trinajstić information content (AvgIpc) is 2.30. The third kappa shape index (κ3) is 3.54. The van der Waals surface area contributed by atoms with Gasteiger partial charge in [0.2, 0.25) is 0 Å². The first-order valence-electron chi connectivity index (χ1n) is 4.81. The summed E-state index contributed by atoms with van der Waals surface area (Å²) in [5, 5.41) is 0. The molecule has 0 spiro atoms. The maximum Gasteiger partial charge on any atom is 1.00 e. The molecule has 0 aliphatic carbocycles. The average molecular weight is 220 g/mol. The Morgan fingerprint density at radius 1 is 0.667 bits per heavy atom. The Hall–Kier alpha value is 0.0764. The molecule has 0 aliphatic rings. The van der Waals surface area contributed by atoms with E-state index in [1.165, 1.54) is 11.1 Å². The fourth-order valence-electron chi connectivity index (χ4n) is 1.56. The first-order chi connectivity index (χ1) is 6.88. The van der Waals surface area contributed by atoms with Crippen molar-refractivity contribution in [3.63, 3.8) is 0 Å². The minimum atomic E-state index is 0. The Bertz CT molecular complexity index is 341. The van der Waals surface area contributed by atoms with E-state index in [1.54, 1.807) is 0 Å². The molecule has 0 heterocycles. The van der Waals surface area contributed by atoms with Gasteiger partial charge < -0.3 is 6.92 Å². The van der Waals surface area contributed by atoms with Crippen molar-refractivity contribution in [3.8, 4) is 0 Å². The molecule has 0 saturated carbocycles. The largest absolute Gasteiger partial charge is 1.00 e. The zero-order chi connectivity index (χ0) is 9.80. The van der Waals surface area contributed by atoms with Crippen LogP contribution in [-0.2, 0) is 0 Å². The van der Waals surface area contributed by atoms with Crippen LogP contribution in [0.3, 0.4) is 0 Å². The van der Waals surface area contributed by atoms with Crippen LogP contribution in [0.5, 0.6) is 0 Å². The molecule has 1 heteroatoms. The Balaban J connectivity index is 0.00000112. The van der Waals surface area contributed by atoms with Crippen molar-refractivity contribution in [3.05, 3.63) is 78.7 Å². The Morgan fingerprint density at radius 3 is 1.33 bits per heavy atom. The molecule has 2 rings (SSSR count). The summed E-state index contributed by atoms with van der Waals surface area (Å²) in [7, 11) is 0. The molecule has 0 aromatic heterocycles. The summed E-state index contributed by atoms with van der Waals surface area (Å²) < 4.78 is 0. The van der Waals surface area contributed by atoms with Crippen LogP contribution in [0.4, 0.5) is 0 Å². The van der Waals surface area contributed by atoms with Gasteiger partial charge in [-0.2, -0.15) is 0 Å². The third-order valence-electron chi connectivity index (χ3n) is 2.40.